The minimum atomic E-state index is -4.67. The molecule has 3 aromatic carbocycles. The largest absolute Gasteiger partial charge is 1.00 e. The third-order valence-electron chi connectivity index (χ3n) is 3.48. The van der Waals surface area contributed by atoms with Gasteiger partial charge in [0.1, 0.15) is 17.5 Å². The van der Waals surface area contributed by atoms with E-state index in [0.717, 1.165) is 23.8 Å². The van der Waals surface area contributed by atoms with Crippen LogP contribution >= 0.6 is 0 Å². The summed E-state index contributed by atoms with van der Waals surface area (Å²) in [6.07, 6.45) is 0. The molecule has 38 heavy (non-hydrogen) atoms. The Labute approximate surface area is 325 Å². The second-order valence-electron chi connectivity index (χ2n) is 6.31. The molecule has 0 atom stereocenters. The SMILES string of the molecule is Cc1ccc(F)cc1.Cc1ccc(F)cc1[I+]c1cc(F)ccc1C.O=S(=O)(O)O.[Br-].[Br-].[K+].[Na+].[O-][I+2]([O-])[O-]. The van der Waals surface area contributed by atoms with Crippen molar-refractivity contribution in [3.05, 3.63) is 102 Å². The van der Waals surface area contributed by atoms with Gasteiger partial charge in [0, 0.05) is 23.3 Å². The first-order valence-corrected chi connectivity index (χ1v) is 15.1. The molecule has 3 rings (SSSR count). The maximum absolute atomic E-state index is 13.2. The summed E-state index contributed by atoms with van der Waals surface area (Å²) in [5.41, 5.74) is 3.23. The summed E-state index contributed by atoms with van der Waals surface area (Å²) in [6.45, 7) is 5.85. The van der Waals surface area contributed by atoms with Crippen LogP contribution < -0.4 is 167 Å². The number of hydrogen-bond acceptors (Lipinski definition) is 5. The zero-order valence-corrected chi connectivity index (χ0v) is 34.2. The molecule has 0 saturated heterocycles. The third kappa shape index (κ3) is 29.7. The monoisotopic (exact) mass is 948 g/mol. The molecule has 204 valence electrons. The van der Waals surface area contributed by atoms with E-state index in [1.165, 1.54) is 24.3 Å². The van der Waals surface area contributed by atoms with Gasteiger partial charge in [-0.15, -0.1) is 0 Å². The molecule has 17 heteroatoms. The van der Waals surface area contributed by atoms with E-state index in [1.54, 1.807) is 36.4 Å². The molecule has 0 saturated carbocycles. The summed E-state index contributed by atoms with van der Waals surface area (Å²) in [5, 5.41) is 0. The van der Waals surface area contributed by atoms with E-state index in [-0.39, 0.29) is 132 Å². The van der Waals surface area contributed by atoms with Crippen molar-refractivity contribution in [2.75, 3.05) is 0 Å². The quantitative estimate of drug-likeness (QED) is 0.148. The van der Waals surface area contributed by atoms with Crippen molar-refractivity contribution in [1.29, 1.82) is 0 Å². The average molecular weight is 950 g/mol. The first kappa shape index (κ1) is 49.9. The smallest absolute Gasteiger partial charge is 1.00 e. The summed E-state index contributed by atoms with van der Waals surface area (Å²) >= 11 is -4.54. The molecule has 0 bridgehead atoms. The molecule has 0 aliphatic heterocycles. The molecule has 0 amide bonds. The summed E-state index contributed by atoms with van der Waals surface area (Å²) in [6, 6.07) is 16.0. The first-order valence-electron chi connectivity index (χ1n) is 8.90. The fourth-order valence-corrected chi connectivity index (χ4v) is 4.72. The van der Waals surface area contributed by atoms with Crippen molar-refractivity contribution in [2.24, 2.45) is 0 Å². The molecule has 0 aliphatic rings. The number of hydrogen-bond donors (Lipinski definition) is 2. The molecule has 7 nitrogen and oxygen atoms in total. The molecule has 0 fully saturated rings. The van der Waals surface area contributed by atoms with Crippen LogP contribution in [0, 0.1) is 45.4 Å². The zero-order chi connectivity index (χ0) is 26.5. The van der Waals surface area contributed by atoms with E-state index < -0.39 is 52.7 Å². The van der Waals surface area contributed by atoms with Crippen molar-refractivity contribution in [3.8, 4) is 0 Å². The standard InChI is InChI=1S/C14H12F2I.C7H7F.2BrH.IO3.K.Na.H2O4S/c1-9-3-5-11(15)7-13(9)17-14-8-12(16)6-4-10(14)2;1-6-2-4-7(8)5-3-6;;;2-1(3)4;;;1-5(2,3)4/h3-8H,1-2H3;2-5H,1H3;2*1H;;;;(H2,1,2,3,4)/q+1;;;;-1;2*+1;/p-2. The fraction of sp³-hybridized carbons (Fsp3) is 0.143. The predicted octanol–water partition coefficient (Wildman–Crippen LogP) is -16.4. The van der Waals surface area contributed by atoms with Crippen molar-refractivity contribution in [3.63, 3.8) is 0 Å². The molecule has 0 heterocycles. The summed E-state index contributed by atoms with van der Waals surface area (Å²) in [4.78, 5) is 0. The van der Waals surface area contributed by atoms with Gasteiger partial charge in [-0.25, -0.2) is 13.2 Å². The first-order chi connectivity index (χ1) is 15.6. The topological polar surface area (TPSA) is 144 Å². The molecule has 0 spiro atoms. The summed E-state index contributed by atoms with van der Waals surface area (Å²) in [7, 11) is -4.67. The van der Waals surface area contributed by atoms with Crippen LogP contribution in [0.5, 0.6) is 0 Å². The van der Waals surface area contributed by atoms with Crippen molar-refractivity contribution in [2.45, 2.75) is 20.8 Å². The van der Waals surface area contributed by atoms with Crippen LogP contribution in [0.4, 0.5) is 13.2 Å². The summed E-state index contributed by atoms with van der Waals surface area (Å²) in [5.74, 6) is -0.616. The van der Waals surface area contributed by atoms with E-state index in [4.69, 9.17) is 27.8 Å². The molecule has 3 aromatic rings. The Balaban J connectivity index is -0.000000147. The van der Waals surface area contributed by atoms with Crippen LogP contribution in [0.25, 0.3) is 0 Å². The Hall–Kier alpha value is 2.26. The van der Waals surface area contributed by atoms with Crippen LogP contribution in [0.2, 0.25) is 0 Å². The van der Waals surface area contributed by atoms with Gasteiger partial charge >= 0.3 is 113 Å². The summed E-state index contributed by atoms with van der Waals surface area (Å²) < 4.78 is 97.8. The Bertz CT molecular complexity index is 1070. The number of halogens is 7. The Morgan fingerprint density at radius 2 is 0.974 bits per heavy atom. The maximum Gasteiger partial charge on any atom is 1.00 e. The minimum Gasteiger partial charge on any atom is -1.00 e. The second-order valence-corrected chi connectivity index (χ2v) is 11.2. The zero-order valence-electron chi connectivity index (χ0n) is 20.8. The van der Waals surface area contributed by atoms with Crippen LogP contribution in [-0.2, 0) is 10.4 Å². The Morgan fingerprint density at radius 1 is 0.711 bits per heavy atom. The maximum atomic E-state index is 13.2. The van der Waals surface area contributed by atoms with Gasteiger partial charge in [0.2, 0.25) is 0 Å². The van der Waals surface area contributed by atoms with E-state index in [2.05, 4.69) is 0 Å². The van der Waals surface area contributed by atoms with Gasteiger partial charge in [0.25, 0.3) is 21.1 Å². The van der Waals surface area contributed by atoms with Gasteiger partial charge in [-0.2, -0.15) is 8.42 Å². The van der Waals surface area contributed by atoms with E-state index in [1.807, 2.05) is 20.8 Å². The van der Waals surface area contributed by atoms with Gasteiger partial charge in [-0.05, 0) is 45.0 Å². The predicted molar refractivity (Wildman–Crippen MR) is 105 cm³/mol. The third-order valence-corrected chi connectivity index (χ3v) is 6.97. The van der Waals surface area contributed by atoms with Gasteiger partial charge in [-0.1, -0.05) is 29.8 Å². The molecule has 0 aliphatic carbocycles. The van der Waals surface area contributed by atoms with Crippen molar-refractivity contribution < 1.29 is 198 Å². The van der Waals surface area contributed by atoms with Crippen LogP contribution in [0.15, 0.2) is 60.7 Å². The van der Waals surface area contributed by atoms with Crippen LogP contribution in [0.1, 0.15) is 16.7 Å². The molecule has 0 aromatic heterocycles. The molecule has 0 unspecified atom stereocenters. The van der Waals surface area contributed by atoms with E-state index >= 15 is 0 Å². The number of rotatable bonds is 2. The van der Waals surface area contributed by atoms with Crippen LogP contribution in [-0.4, -0.2) is 17.5 Å². The molecular formula is C21H21Br2F3I2KNaO7S. The fourth-order valence-electron chi connectivity index (χ4n) is 1.98. The normalized spacial score (nSPS) is 9.16. The van der Waals surface area contributed by atoms with Gasteiger partial charge < -0.3 is 44.3 Å². The van der Waals surface area contributed by atoms with Crippen molar-refractivity contribution in [1.82, 2.24) is 0 Å². The molecular weight excluding hydrogens is 929 g/mol. The van der Waals surface area contributed by atoms with Gasteiger partial charge in [0.15, 0.2) is 7.14 Å². The van der Waals surface area contributed by atoms with E-state index in [9.17, 15) is 13.2 Å². The second kappa shape index (κ2) is 26.9. The van der Waals surface area contributed by atoms with Gasteiger partial charge in [0.05, 0.1) is 0 Å². The Morgan fingerprint density at radius 3 is 1.24 bits per heavy atom. The van der Waals surface area contributed by atoms with Gasteiger partial charge in [-0.3, -0.25) is 9.11 Å². The Kier molecular flexibility index (Phi) is 35.3. The van der Waals surface area contributed by atoms with Crippen LogP contribution in [0.3, 0.4) is 0 Å². The molecule has 2 N–H and O–H groups in total. The average Bonchev–Trinajstić information content (AvgIpc) is 2.69. The van der Waals surface area contributed by atoms with E-state index in [0.29, 0.717) is 0 Å². The minimum absolute atomic E-state index is 0. The van der Waals surface area contributed by atoms with Crippen molar-refractivity contribution >= 4 is 10.4 Å². The molecule has 0 radical (unpaired) electrons. The number of benzene rings is 3. The number of aryl methyl sites for hydroxylation is 3.